The lowest BCUT2D eigenvalue weighted by atomic mass is 10.1. The molecule has 2 N–H and O–H groups in total. The van der Waals surface area contributed by atoms with Gasteiger partial charge in [-0.25, -0.2) is 4.98 Å². The second kappa shape index (κ2) is 8.71. The summed E-state index contributed by atoms with van der Waals surface area (Å²) < 4.78 is 1.86. The normalized spacial score (nSPS) is 12.0. The number of thioether (sulfide) groups is 1. The van der Waals surface area contributed by atoms with Crippen LogP contribution < -0.4 is 10.6 Å². The van der Waals surface area contributed by atoms with Crippen molar-refractivity contribution in [1.82, 2.24) is 14.9 Å². The molecule has 0 saturated heterocycles. The minimum absolute atomic E-state index is 0.107. The molecule has 1 atom stereocenters. The van der Waals surface area contributed by atoms with Crippen molar-refractivity contribution in [3.63, 3.8) is 0 Å². The van der Waals surface area contributed by atoms with Crippen molar-refractivity contribution in [2.75, 3.05) is 11.1 Å². The molecule has 1 aromatic heterocycles. The maximum absolute atomic E-state index is 12.1. The van der Waals surface area contributed by atoms with Gasteiger partial charge < -0.3 is 15.2 Å². The smallest absolute Gasteiger partial charge is 0.251 e. The second-order valence-electron chi connectivity index (χ2n) is 6.24. The quantitative estimate of drug-likeness (QED) is 0.745. The Hall–Kier alpha value is -2.28. The van der Waals surface area contributed by atoms with Gasteiger partial charge in [0, 0.05) is 36.7 Å². The van der Waals surface area contributed by atoms with E-state index in [9.17, 15) is 9.59 Å². The second-order valence-corrected chi connectivity index (χ2v) is 7.18. The largest absolute Gasteiger partial charge is 0.349 e. The Labute approximate surface area is 152 Å². The summed E-state index contributed by atoms with van der Waals surface area (Å²) in [5.41, 5.74) is 1.24. The van der Waals surface area contributed by atoms with Crippen molar-refractivity contribution in [3.05, 3.63) is 42.2 Å². The first-order valence-electron chi connectivity index (χ1n) is 8.17. The zero-order valence-corrected chi connectivity index (χ0v) is 15.8. The number of nitrogens with zero attached hydrogens (tertiary/aromatic N) is 2. The highest BCUT2D eigenvalue weighted by atomic mass is 32.2. The van der Waals surface area contributed by atoms with Crippen LogP contribution in [0, 0.1) is 5.92 Å². The maximum Gasteiger partial charge on any atom is 0.251 e. The summed E-state index contributed by atoms with van der Waals surface area (Å²) in [4.78, 5) is 28.3. The molecule has 0 fully saturated rings. The summed E-state index contributed by atoms with van der Waals surface area (Å²) in [5.74, 6) is 0.431. The zero-order chi connectivity index (χ0) is 18.4. The van der Waals surface area contributed by atoms with E-state index in [1.165, 1.54) is 11.8 Å². The Bertz CT molecular complexity index is 725. The standard InChI is InChI=1S/C18H24N4O2S/c1-12(2)13(3)20-17(24)14-5-7-15(8-6-14)21-16(23)11-25-18-19-9-10-22(18)4/h5-10,12-13H,11H2,1-4H3,(H,20,24)(H,21,23). The molecule has 0 saturated carbocycles. The molecule has 134 valence electrons. The molecule has 0 bridgehead atoms. The zero-order valence-electron chi connectivity index (χ0n) is 14.9. The number of carbonyl (C=O) groups excluding carboxylic acids is 2. The number of hydrogen-bond donors (Lipinski definition) is 2. The molecule has 0 aliphatic heterocycles. The summed E-state index contributed by atoms with van der Waals surface area (Å²) in [6.45, 7) is 6.11. The highest BCUT2D eigenvalue weighted by Crippen LogP contribution is 2.16. The lowest BCUT2D eigenvalue weighted by Crippen LogP contribution is -2.36. The average Bonchev–Trinajstić information content (AvgIpc) is 2.98. The molecule has 0 radical (unpaired) electrons. The van der Waals surface area contributed by atoms with Crippen LogP contribution >= 0.6 is 11.8 Å². The van der Waals surface area contributed by atoms with Gasteiger partial charge in [-0.05, 0) is 37.1 Å². The average molecular weight is 360 g/mol. The lowest BCUT2D eigenvalue weighted by molar-refractivity contribution is -0.113. The Morgan fingerprint density at radius 1 is 1.20 bits per heavy atom. The summed E-state index contributed by atoms with van der Waals surface area (Å²) in [6, 6.07) is 7.00. The van der Waals surface area contributed by atoms with Gasteiger partial charge in [-0.1, -0.05) is 25.6 Å². The van der Waals surface area contributed by atoms with Gasteiger partial charge in [0.25, 0.3) is 5.91 Å². The molecule has 6 nitrogen and oxygen atoms in total. The van der Waals surface area contributed by atoms with Crippen LogP contribution in [0.15, 0.2) is 41.8 Å². The number of aryl methyl sites for hydroxylation is 1. The predicted molar refractivity (Wildman–Crippen MR) is 101 cm³/mol. The number of anilines is 1. The Kier molecular flexibility index (Phi) is 6.64. The minimum atomic E-state index is -0.112. The molecule has 2 rings (SSSR count). The fraction of sp³-hybridized carbons (Fsp3) is 0.389. The highest BCUT2D eigenvalue weighted by molar-refractivity contribution is 7.99. The number of benzene rings is 1. The molecular weight excluding hydrogens is 336 g/mol. The number of carbonyl (C=O) groups is 2. The number of nitrogens with one attached hydrogen (secondary N) is 2. The van der Waals surface area contributed by atoms with Gasteiger partial charge in [0.05, 0.1) is 5.75 Å². The van der Waals surface area contributed by atoms with Gasteiger partial charge in [0.2, 0.25) is 5.91 Å². The maximum atomic E-state index is 12.1. The van der Waals surface area contributed by atoms with Crippen LogP contribution in [-0.2, 0) is 11.8 Å². The van der Waals surface area contributed by atoms with E-state index in [1.54, 1.807) is 30.5 Å². The fourth-order valence-electron chi connectivity index (χ4n) is 1.98. The molecule has 0 spiro atoms. The van der Waals surface area contributed by atoms with E-state index in [4.69, 9.17) is 0 Å². The first-order chi connectivity index (χ1) is 11.9. The van der Waals surface area contributed by atoms with Gasteiger partial charge in [-0.2, -0.15) is 0 Å². The Morgan fingerprint density at radius 2 is 1.88 bits per heavy atom. The van der Waals surface area contributed by atoms with Crippen LogP contribution in [0.5, 0.6) is 0 Å². The summed E-state index contributed by atoms with van der Waals surface area (Å²) in [7, 11) is 1.89. The minimum Gasteiger partial charge on any atom is -0.349 e. The van der Waals surface area contributed by atoms with Crippen molar-refractivity contribution >= 4 is 29.3 Å². The van der Waals surface area contributed by atoms with Gasteiger partial charge in [0.15, 0.2) is 5.16 Å². The van der Waals surface area contributed by atoms with Crippen molar-refractivity contribution in [2.45, 2.75) is 32.0 Å². The topological polar surface area (TPSA) is 76.0 Å². The molecule has 25 heavy (non-hydrogen) atoms. The molecule has 7 heteroatoms. The van der Waals surface area contributed by atoms with Crippen LogP contribution in [-0.4, -0.2) is 33.2 Å². The fourth-order valence-corrected chi connectivity index (χ4v) is 2.71. The van der Waals surface area contributed by atoms with E-state index in [0.29, 0.717) is 17.2 Å². The van der Waals surface area contributed by atoms with Crippen LogP contribution in [0.4, 0.5) is 5.69 Å². The van der Waals surface area contributed by atoms with Crippen molar-refractivity contribution in [1.29, 1.82) is 0 Å². The third-order valence-corrected chi connectivity index (χ3v) is 4.96. The summed E-state index contributed by atoms with van der Waals surface area (Å²) in [5, 5.41) is 6.57. The van der Waals surface area contributed by atoms with Crippen molar-refractivity contribution in [3.8, 4) is 0 Å². The Morgan fingerprint density at radius 3 is 2.44 bits per heavy atom. The van der Waals surface area contributed by atoms with E-state index in [-0.39, 0.29) is 23.6 Å². The summed E-state index contributed by atoms with van der Waals surface area (Å²) >= 11 is 1.37. The number of amides is 2. The molecule has 0 aliphatic rings. The molecule has 1 aromatic carbocycles. The monoisotopic (exact) mass is 360 g/mol. The van der Waals surface area contributed by atoms with E-state index in [2.05, 4.69) is 29.5 Å². The van der Waals surface area contributed by atoms with Crippen LogP contribution in [0.3, 0.4) is 0 Å². The van der Waals surface area contributed by atoms with Gasteiger partial charge >= 0.3 is 0 Å². The lowest BCUT2D eigenvalue weighted by Gasteiger charge is -2.17. The molecule has 2 amide bonds. The SMILES string of the molecule is CC(C)C(C)NC(=O)c1ccc(NC(=O)CSc2nccn2C)cc1. The number of hydrogen-bond acceptors (Lipinski definition) is 4. The van der Waals surface area contributed by atoms with Crippen molar-refractivity contribution < 1.29 is 9.59 Å². The Balaban J connectivity index is 1.86. The number of imidazole rings is 1. The van der Waals surface area contributed by atoms with Gasteiger partial charge in [-0.15, -0.1) is 0 Å². The van der Waals surface area contributed by atoms with E-state index < -0.39 is 0 Å². The third-order valence-electron chi connectivity index (χ3n) is 3.90. The van der Waals surface area contributed by atoms with Crippen molar-refractivity contribution in [2.24, 2.45) is 13.0 Å². The predicted octanol–water partition coefficient (Wildman–Crippen LogP) is 2.93. The summed E-state index contributed by atoms with van der Waals surface area (Å²) in [6.07, 6.45) is 3.54. The van der Waals surface area contributed by atoms with E-state index in [0.717, 1.165) is 5.16 Å². The highest BCUT2D eigenvalue weighted by Gasteiger charge is 2.13. The third kappa shape index (κ3) is 5.63. The van der Waals surface area contributed by atoms with E-state index in [1.807, 2.05) is 24.7 Å². The first kappa shape index (κ1) is 19.1. The molecular formula is C18H24N4O2S. The number of rotatable bonds is 7. The van der Waals surface area contributed by atoms with Crippen LogP contribution in [0.25, 0.3) is 0 Å². The van der Waals surface area contributed by atoms with Gasteiger partial charge in [-0.3, -0.25) is 9.59 Å². The molecule has 2 aromatic rings. The molecule has 1 heterocycles. The molecule has 1 unspecified atom stereocenters. The first-order valence-corrected chi connectivity index (χ1v) is 9.16. The van der Waals surface area contributed by atoms with Crippen LogP contribution in [0.1, 0.15) is 31.1 Å². The number of aromatic nitrogens is 2. The van der Waals surface area contributed by atoms with Gasteiger partial charge in [0.1, 0.15) is 0 Å². The van der Waals surface area contributed by atoms with E-state index >= 15 is 0 Å². The molecule has 0 aliphatic carbocycles. The van der Waals surface area contributed by atoms with Crippen LogP contribution in [0.2, 0.25) is 0 Å².